The molecular weight excluding hydrogens is 172 g/mol. The summed E-state index contributed by atoms with van der Waals surface area (Å²) in [6.45, 7) is 8.95. The van der Waals surface area contributed by atoms with Gasteiger partial charge in [-0.05, 0) is 70.2 Å². The lowest BCUT2D eigenvalue weighted by atomic mass is 9.98. The summed E-state index contributed by atoms with van der Waals surface area (Å²) in [4.78, 5) is 2.66. The number of rotatable bonds is 3. The summed E-state index contributed by atoms with van der Waals surface area (Å²) in [5.74, 6) is 1.94. The molecule has 2 aliphatic rings. The van der Waals surface area contributed by atoms with Crippen molar-refractivity contribution in [2.75, 3.05) is 32.7 Å². The average molecular weight is 196 g/mol. The van der Waals surface area contributed by atoms with E-state index in [2.05, 4.69) is 17.1 Å². The molecule has 0 amide bonds. The van der Waals surface area contributed by atoms with Crippen molar-refractivity contribution in [2.24, 2.45) is 11.8 Å². The Labute approximate surface area is 88.1 Å². The highest BCUT2D eigenvalue weighted by molar-refractivity contribution is 4.75. The van der Waals surface area contributed by atoms with E-state index in [1.54, 1.807) is 0 Å². The Morgan fingerprint density at radius 2 is 2.00 bits per heavy atom. The normalized spacial score (nSPS) is 31.1. The zero-order valence-corrected chi connectivity index (χ0v) is 9.47. The Kier molecular flexibility index (Phi) is 3.82. The molecule has 0 bridgehead atoms. The van der Waals surface area contributed by atoms with Crippen molar-refractivity contribution in [2.45, 2.75) is 32.6 Å². The van der Waals surface area contributed by atoms with E-state index in [0.717, 1.165) is 11.8 Å². The van der Waals surface area contributed by atoms with Gasteiger partial charge in [0.2, 0.25) is 0 Å². The third-order valence-corrected chi connectivity index (χ3v) is 3.89. The van der Waals surface area contributed by atoms with Crippen LogP contribution >= 0.6 is 0 Å². The molecule has 82 valence electrons. The van der Waals surface area contributed by atoms with Crippen molar-refractivity contribution < 1.29 is 0 Å². The maximum atomic E-state index is 3.45. The summed E-state index contributed by atoms with van der Waals surface area (Å²) < 4.78 is 0. The molecule has 1 atom stereocenters. The fourth-order valence-corrected chi connectivity index (χ4v) is 2.61. The molecule has 0 unspecified atom stereocenters. The van der Waals surface area contributed by atoms with Gasteiger partial charge >= 0.3 is 0 Å². The maximum Gasteiger partial charge on any atom is -0.00156 e. The van der Waals surface area contributed by atoms with Gasteiger partial charge in [0.1, 0.15) is 0 Å². The third-order valence-electron chi connectivity index (χ3n) is 3.89. The van der Waals surface area contributed by atoms with E-state index in [-0.39, 0.29) is 0 Å². The molecule has 2 fully saturated rings. The first-order valence-corrected chi connectivity index (χ1v) is 6.27. The number of hydrogen-bond donors (Lipinski definition) is 1. The summed E-state index contributed by atoms with van der Waals surface area (Å²) >= 11 is 0. The van der Waals surface area contributed by atoms with Gasteiger partial charge < -0.3 is 10.2 Å². The number of piperidine rings is 1. The van der Waals surface area contributed by atoms with Crippen LogP contribution in [0.2, 0.25) is 0 Å². The van der Waals surface area contributed by atoms with Crippen molar-refractivity contribution in [3.05, 3.63) is 0 Å². The summed E-state index contributed by atoms with van der Waals surface area (Å²) in [6, 6.07) is 0. The van der Waals surface area contributed by atoms with Gasteiger partial charge in [0.25, 0.3) is 0 Å². The first-order valence-electron chi connectivity index (χ1n) is 6.27. The second-order valence-electron chi connectivity index (χ2n) is 5.17. The Hall–Kier alpha value is -0.0800. The smallest absolute Gasteiger partial charge is 0.00156 e. The molecular formula is C12H24N2. The monoisotopic (exact) mass is 196 g/mol. The van der Waals surface area contributed by atoms with Crippen LogP contribution in [0.25, 0.3) is 0 Å². The number of nitrogens with zero attached hydrogens (tertiary/aromatic N) is 1. The lowest BCUT2D eigenvalue weighted by Crippen LogP contribution is -2.34. The molecule has 0 radical (unpaired) electrons. The number of nitrogens with one attached hydrogen (secondary N) is 1. The van der Waals surface area contributed by atoms with Crippen molar-refractivity contribution in [3.8, 4) is 0 Å². The van der Waals surface area contributed by atoms with Gasteiger partial charge in [-0.3, -0.25) is 0 Å². The van der Waals surface area contributed by atoms with Crippen molar-refractivity contribution in [1.29, 1.82) is 0 Å². The standard InChI is InChI=1S/C12H24N2/c1-11-3-7-14(8-4-11)9-5-12-2-6-13-10-12/h11-13H,2-10H2,1H3/t12-/m1/s1. The lowest BCUT2D eigenvalue weighted by Gasteiger charge is -2.30. The van der Waals surface area contributed by atoms with Crippen LogP contribution < -0.4 is 5.32 Å². The van der Waals surface area contributed by atoms with E-state index >= 15 is 0 Å². The first-order chi connectivity index (χ1) is 6.84. The molecule has 2 nitrogen and oxygen atoms in total. The highest BCUT2D eigenvalue weighted by atomic mass is 15.1. The van der Waals surface area contributed by atoms with Crippen LogP contribution in [0.4, 0.5) is 0 Å². The van der Waals surface area contributed by atoms with Crippen molar-refractivity contribution in [1.82, 2.24) is 10.2 Å². The molecule has 2 heterocycles. The van der Waals surface area contributed by atoms with Crippen LogP contribution in [0.15, 0.2) is 0 Å². The summed E-state index contributed by atoms with van der Waals surface area (Å²) in [7, 11) is 0. The minimum absolute atomic E-state index is 0.967. The highest BCUT2D eigenvalue weighted by Crippen LogP contribution is 2.18. The molecule has 2 heteroatoms. The second-order valence-corrected chi connectivity index (χ2v) is 5.17. The molecule has 0 aromatic heterocycles. The Morgan fingerprint density at radius 3 is 2.64 bits per heavy atom. The van der Waals surface area contributed by atoms with E-state index in [0.29, 0.717) is 0 Å². The van der Waals surface area contributed by atoms with E-state index in [9.17, 15) is 0 Å². The predicted octanol–water partition coefficient (Wildman–Crippen LogP) is 1.72. The van der Waals surface area contributed by atoms with E-state index in [4.69, 9.17) is 0 Å². The number of hydrogen-bond acceptors (Lipinski definition) is 2. The Morgan fingerprint density at radius 1 is 1.21 bits per heavy atom. The van der Waals surface area contributed by atoms with Gasteiger partial charge in [-0.25, -0.2) is 0 Å². The zero-order valence-electron chi connectivity index (χ0n) is 9.47. The molecule has 0 aromatic carbocycles. The van der Waals surface area contributed by atoms with Crippen LogP contribution in [0.1, 0.15) is 32.6 Å². The minimum Gasteiger partial charge on any atom is -0.316 e. The summed E-state index contributed by atoms with van der Waals surface area (Å²) in [5.41, 5.74) is 0. The highest BCUT2D eigenvalue weighted by Gasteiger charge is 2.18. The molecule has 1 N–H and O–H groups in total. The Bertz CT molecular complexity index is 156. The summed E-state index contributed by atoms with van der Waals surface area (Å²) in [6.07, 6.45) is 5.66. The second kappa shape index (κ2) is 5.13. The SMILES string of the molecule is CC1CCN(CC[C@H]2CCNC2)CC1. The fourth-order valence-electron chi connectivity index (χ4n) is 2.61. The molecule has 2 aliphatic heterocycles. The molecule has 0 saturated carbocycles. The quantitative estimate of drug-likeness (QED) is 0.739. The van der Waals surface area contributed by atoms with Crippen LogP contribution in [0.3, 0.4) is 0 Å². The fraction of sp³-hybridized carbons (Fsp3) is 1.00. The van der Waals surface area contributed by atoms with Crippen molar-refractivity contribution >= 4 is 0 Å². The average Bonchev–Trinajstić information content (AvgIpc) is 2.70. The maximum absolute atomic E-state index is 3.45. The van der Waals surface area contributed by atoms with Gasteiger partial charge in [-0.2, -0.15) is 0 Å². The van der Waals surface area contributed by atoms with Gasteiger partial charge in [0, 0.05) is 0 Å². The molecule has 0 spiro atoms. The molecule has 14 heavy (non-hydrogen) atoms. The third kappa shape index (κ3) is 2.96. The minimum atomic E-state index is 0.967. The van der Waals surface area contributed by atoms with Gasteiger partial charge in [0.05, 0.1) is 0 Å². The summed E-state index contributed by atoms with van der Waals surface area (Å²) in [5, 5.41) is 3.45. The van der Waals surface area contributed by atoms with E-state index in [1.165, 1.54) is 58.4 Å². The van der Waals surface area contributed by atoms with Gasteiger partial charge in [-0.15, -0.1) is 0 Å². The topological polar surface area (TPSA) is 15.3 Å². The Balaban J connectivity index is 1.60. The van der Waals surface area contributed by atoms with E-state index < -0.39 is 0 Å². The van der Waals surface area contributed by atoms with Gasteiger partial charge in [-0.1, -0.05) is 6.92 Å². The molecule has 0 aromatic rings. The van der Waals surface area contributed by atoms with Crippen LogP contribution in [-0.4, -0.2) is 37.6 Å². The van der Waals surface area contributed by atoms with Crippen molar-refractivity contribution in [3.63, 3.8) is 0 Å². The first kappa shape index (κ1) is 10.4. The molecule has 0 aliphatic carbocycles. The zero-order chi connectivity index (χ0) is 9.80. The largest absolute Gasteiger partial charge is 0.316 e. The van der Waals surface area contributed by atoms with E-state index in [1.807, 2.05) is 0 Å². The molecule has 2 saturated heterocycles. The van der Waals surface area contributed by atoms with Gasteiger partial charge in [0.15, 0.2) is 0 Å². The van der Waals surface area contributed by atoms with Crippen LogP contribution in [0, 0.1) is 11.8 Å². The van der Waals surface area contributed by atoms with Crippen LogP contribution in [-0.2, 0) is 0 Å². The van der Waals surface area contributed by atoms with Crippen LogP contribution in [0.5, 0.6) is 0 Å². The number of likely N-dealkylation sites (tertiary alicyclic amines) is 1. The predicted molar refractivity (Wildman–Crippen MR) is 60.4 cm³/mol. The molecule has 2 rings (SSSR count). The lowest BCUT2D eigenvalue weighted by molar-refractivity contribution is 0.182.